The minimum Gasteiger partial charge on any atom is -0.490 e. The van der Waals surface area contributed by atoms with E-state index in [1.807, 2.05) is 60.7 Å². The second-order valence-electron chi connectivity index (χ2n) is 12.9. The molecule has 0 spiro atoms. The van der Waals surface area contributed by atoms with E-state index >= 15 is 0 Å². The molecule has 2 aliphatic heterocycles. The summed E-state index contributed by atoms with van der Waals surface area (Å²) in [6.07, 6.45) is 5.66. The first-order valence-corrected chi connectivity index (χ1v) is 17.8. The lowest BCUT2D eigenvalue weighted by Gasteiger charge is -2.24. The van der Waals surface area contributed by atoms with E-state index < -0.39 is 0 Å². The average molecular weight is 681 g/mol. The molecule has 6 nitrogen and oxygen atoms in total. The summed E-state index contributed by atoms with van der Waals surface area (Å²) in [7, 11) is 0. The van der Waals surface area contributed by atoms with Crippen molar-refractivity contribution in [1.29, 1.82) is 0 Å². The van der Waals surface area contributed by atoms with E-state index in [1.54, 1.807) is 0 Å². The number of ether oxygens (including phenoxy) is 2. The third kappa shape index (κ3) is 7.52. The van der Waals surface area contributed by atoms with Gasteiger partial charge in [0.2, 0.25) is 0 Å². The third-order valence-corrected chi connectivity index (χ3v) is 9.47. The molecule has 0 bridgehead atoms. The lowest BCUT2D eigenvalue weighted by molar-refractivity contribution is 0.350. The third-order valence-electron chi connectivity index (χ3n) is 9.47. The van der Waals surface area contributed by atoms with Crippen LogP contribution in [0.25, 0.3) is 0 Å². The van der Waals surface area contributed by atoms with E-state index in [0.717, 1.165) is 58.3 Å². The van der Waals surface area contributed by atoms with Crippen molar-refractivity contribution in [1.82, 2.24) is 0 Å². The van der Waals surface area contributed by atoms with Crippen LogP contribution in [0.3, 0.4) is 0 Å². The molecule has 52 heavy (non-hydrogen) atoms. The molecule has 256 valence electrons. The van der Waals surface area contributed by atoms with Gasteiger partial charge in [-0.15, -0.1) is 0 Å². The van der Waals surface area contributed by atoms with Crippen molar-refractivity contribution in [2.75, 3.05) is 23.2 Å². The minimum absolute atomic E-state index is 0.110. The maximum atomic E-state index is 6.04. The van der Waals surface area contributed by atoms with Crippen LogP contribution in [0.1, 0.15) is 47.2 Å². The Balaban J connectivity index is 0.842. The maximum absolute atomic E-state index is 6.04. The molecule has 0 unspecified atom stereocenters. The van der Waals surface area contributed by atoms with Crippen LogP contribution < -0.4 is 19.5 Å². The summed E-state index contributed by atoms with van der Waals surface area (Å²) in [5.41, 5.74) is 9.06. The fourth-order valence-electron chi connectivity index (χ4n) is 6.78. The lowest BCUT2D eigenvalue weighted by atomic mass is 9.98. The molecule has 6 aromatic carbocycles. The average Bonchev–Trinajstić information content (AvgIpc) is 3.88. The van der Waals surface area contributed by atoms with E-state index in [-0.39, 0.29) is 12.1 Å². The molecule has 0 amide bonds. The normalized spacial score (nSPS) is 16.9. The summed E-state index contributed by atoms with van der Waals surface area (Å²) in [5.74, 6) is 1.66. The van der Waals surface area contributed by atoms with Crippen LogP contribution in [-0.4, -0.2) is 24.6 Å². The zero-order chi connectivity index (χ0) is 35.0. The molecule has 6 heteroatoms. The van der Waals surface area contributed by atoms with Gasteiger partial charge in [-0.25, -0.2) is 0 Å². The predicted molar refractivity (Wildman–Crippen MR) is 212 cm³/mol. The number of para-hydroxylation sites is 2. The van der Waals surface area contributed by atoms with Gasteiger partial charge >= 0.3 is 0 Å². The summed E-state index contributed by atoms with van der Waals surface area (Å²) in [5, 5.41) is 14.4. The van der Waals surface area contributed by atoms with Gasteiger partial charge in [-0.2, -0.15) is 10.2 Å². The Labute approximate surface area is 305 Å². The molecule has 0 fully saturated rings. The van der Waals surface area contributed by atoms with Crippen LogP contribution in [0.4, 0.5) is 11.4 Å². The maximum Gasteiger partial charge on any atom is 0.119 e. The zero-order valence-electron chi connectivity index (χ0n) is 28.9. The van der Waals surface area contributed by atoms with Crippen molar-refractivity contribution in [3.8, 4) is 11.5 Å². The fourth-order valence-corrected chi connectivity index (χ4v) is 6.78. The second-order valence-corrected chi connectivity index (χ2v) is 12.9. The molecule has 2 heterocycles. The Bertz CT molecular complexity index is 1980. The predicted octanol–water partition coefficient (Wildman–Crippen LogP) is 10.4. The van der Waals surface area contributed by atoms with Gasteiger partial charge in [0.1, 0.15) is 24.7 Å². The van der Waals surface area contributed by atoms with Crippen LogP contribution in [0.2, 0.25) is 0 Å². The Morgan fingerprint density at radius 1 is 0.442 bits per heavy atom. The number of benzene rings is 6. The Hall–Kier alpha value is -6.40. The molecule has 8 rings (SSSR count). The van der Waals surface area contributed by atoms with Crippen molar-refractivity contribution >= 4 is 22.8 Å². The quantitative estimate of drug-likeness (QED) is 0.121. The van der Waals surface area contributed by atoms with Crippen LogP contribution >= 0.6 is 0 Å². The minimum atomic E-state index is 0.110. The van der Waals surface area contributed by atoms with Gasteiger partial charge in [0.15, 0.2) is 0 Å². The molecule has 0 N–H and O–H groups in total. The van der Waals surface area contributed by atoms with E-state index in [1.165, 1.54) is 11.1 Å². The molecule has 6 aromatic rings. The van der Waals surface area contributed by atoms with Crippen LogP contribution in [-0.2, 0) is 0 Å². The largest absolute Gasteiger partial charge is 0.490 e. The highest BCUT2D eigenvalue weighted by Crippen LogP contribution is 2.38. The lowest BCUT2D eigenvalue weighted by Crippen LogP contribution is -2.18. The molecule has 0 radical (unpaired) electrons. The Morgan fingerprint density at radius 2 is 0.788 bits per heavy atom. The van der Waals surface area contributed by atoms with E-state index in [9.17, 15) is 0 Å². The summed E-state index contributed by atoms with van der Waals surface area (Å²) in [6, 6.07) is 58.6. The summed E-state index contributed by atoms with van der Waals surface area (Å²) in [6.45, 7) is 0.923. The summed E-state index contributed by atoms with van der Waals surface area (Å²) in [4.78, 5) is 0. The van der Waals surface area contributed by atoms with Gasteiger partial charge in [-0.3, -0.25) is 10.0 Å². The number of hydrazone groups is 2. The van der Waals surface area contributed by atoms with Crippen molar-refractivity contribution in [3.63, 3.8) is 0 Å². The monoisotopic (exact) mass is 680 g/mol. The van der Waals surface area contributed by atoms with E-state index in [4.69, 9.17) is 19.7 Å². The standard InChI is InChI=1S/C46H40N4O2/c1-5-15-35(16-6-1)43-33-45(49(47-43)39-19-9-3-10-20-39)37-23-27-41(28-24-37)51-31-13-14-32-52-42-29-25-38(26-30-42)46-34-44(36-17-7-2-8-18-36)48-50(46)40-21-11-4-12-22-40/h1-30,45-46H,31-34H2/b14-13+/t45-,46+. The Morgan fingerprint density at radius 3 is 1.15 bits per heavy atom. The van der Waals surface area contributed by atoms with Crippen molar-refractivity contribution in [2.24, 2.45) is 10.2 Å². The molecular weight excluding hydrogens is 641 g/mol. The van der Waals surface area contributed by atoms with Crippen LogP contribution in [0, 0.1) is 0 Å². The number of hydrogen-bond donors (Lipinski definition) is 0. The van der Waals surface area contributed by atoms with Crippen molar-refractivity contribution in [2.45, 2.75) is 24.9 Å². The molecule has 0 aromatic heterocycles. The zero-order valence-corrected chi connectivity index (χ0v) is 28.9. The molecule has 2 atom stereocenters. The van der Waals surface area contributed by atoms with Crippen LogP contribution in [0.15, 0.2) is 192 Å². The molecule has 2 aliphatic rings. The van der Waals surface area contributed by atoms with Gasteiger partial charge < -0.3 is 9.47 Å². The highest BCUT2D eigenvalue weighted by Gasteiger charge is 2.31. The molecule has 0 saturated carbocycles. The van der Waals surface area contributed by atoms with Gasteiger partial charge in [0.25, 0.3) is 0 Å². The van der Waals surface area contributed by atoms with Gasteiger partial charge in [0.05, 0.1) is 34.9 Å². The fraction of sp³-hybridized carbons (Fsp3) is 0.130. The van der Waals surface area contributed by atoms with Gasteiger partial charge in [0, 0.05) is 12.8 Å². The smallest absolute Gasteiger partial charge is 0.119 e. The second kappa shape index (κ2) is 15.7. The van der Waals surface area contributed by atoms with E-state index in [2.05, 4.69) is 131 Å². The highest BCUT2D eigenvalue weighted by atomic mass is 16.5. The molecule has 0 saturated heterocycles. The van der Waals surface area contributed by atoms with Crippen molar-refractivity contribution in [3.05, 3.63) is 204 Å². The summed E-state index contributed by atoms with van der Waals surface area (Å²) < 4.78 is 12.1. The Kier molecular flexibility index (Phi) is 9.87. The first-order valence-electron chi connectivity index (χ1n) is 17.8. The van der Waals surface area contributed by atoms with Crippen molar-refractivity contribution < 1.29 is 9.47 Å². The SMILES string of the molecule is C(=C\COc1ccc([C@@H]2CC(c3ccccc3)=NN2c2ccccc2)cc1)/COc1ccc([C@H]2CC(c3ccccc3)=NN2c2ccccc2)cc1. The number of nitrogens with zero attached hydrogens (tertiary/aromatic N) is 4. The van der Waals surface area contributed by atoms with E-state index in [0.29, 0.717) is 13.2 Å². The van der Waals surface area contributed by atoms with Gasteiger partial charge in [-0.05, 0) is 82.9 Å². The number of rotatable bonds is 12. The number of anilines is 2. The van der Waals surface area contributed by atoms with Crippen LogP contribution in [0.5, 0.6) is 11.5 Å². The number of hydrogen-bond acceptors (Lipinski definition) is 6. The molecular formula is C46H40N4O2. The first-order chi connectivity index (χ1) is 25.8. The molecule has 0 aliphatic carbocycles. The first kappa shape index (κ1) is 32.8. The highest BCUT2D eigenvalue weighted by molar-refractivity contribution is 6.04. The topological polar surface area (TPSA) is 49.7 Å². The van der Waals surface area contributed by atoms with Gasteiger partial charge in [-0.1, -0.05) is 121 Å². The summed E-state index contributed by atoms with van der Waals surface area (Å²) >= 11 is 0.